The number of hydrogen-bond acceptors (Lipinski definition) is 1. The average molecular weight is 208 g/mol. The Morgan fingerprint density at radius 1 is 1.50 bits per heavy atom. The second kappa shape index (κ2) is 7.05. The van der Waals surface area contributed by atoms with Crippen molar-refractivity contribution in [2.24, 2.45) is 0 Å². The summed E-state index contributed by atoms with van der Waals surface area (Å²) in [6.07, 6.45) is 0. The van der Waals surface area contributed by atoms with Crippen LogP contribution in [0.4, 0.5) is 0 Å². The van der Waals surface area contributed by atoms with E-state index in [0.717, 1.165) is 23.1 Å². The van der Waals surface area contributed by atoms with Crippen LogP contribution in [-0.2, 0) is 17.3 Å². The van der Waals surface area contributed by atoms with E-state index in [0.29, 0.717) is 0 Å². The summed E-state index contributed by atoms with van der Waals surface area (Å²) in [6.45, 7) is 0. The molecule has 0 heterocycles. The van der Waals surface area contributed by atoms with Crippen molar-refractivity contribution in [2.75, 3.05) is 7.11 Å². The standard InChI is InChI=1S/C7H7O.ClH.Zn/c1-8-7-5-3-2-4-6-7;;/h2-5H,1H3;1H;/q-1;;+2/p-1. The van der Waals surface area contributed by atoms with Gasteiger partial charge in [0.15, 0.2) is 0 Å². The fraction of sp³-hybridized carbons (Fsp3) is 0.143. The molecule has 0 bridgehead atoms. The summed E-state index contributed by atoms with van der Waals surface area (Å²) < 4.78 is 4.86. The van der Waals surface area contributed by atoms with Crippen molar-refractivity contribution >= 4 is 9.69 Å². The molecule has 0 unspecified atom stereocenters. The zero-order valence-corrected chi connectivity index (χ0v) is 9.53. The number of para-hydroxylation sites is 1. The van der Waals surface area contributed by atoms with Crippen molar-refractivity contribution in [3.63, 3.8) is 0 Å². The molecule has 0 amide bonds. The van der Waals surface area contributed by atoms with Crippen LogP contribution < -0.4 is 4.74 Å². The molecule has 1 aromatic rings. The molecule has 3 heteroatoms. The second-order valence-electron chi connectivity index (χ2n) is 1.43. The summed E-state index contributed by atoms with van der Waals surface area (Å²) in [5, 5.41) is 0. The zero-order valence-electron chi connectivity index (χ0n) is 5.80. The topological polar surface area (TPSA) is 9.23 Å². The van der Waals surface area contributed by atoms with Crippen molar-refractivity contribution in [3.05, 3.63) is 30.3 Å². The van der Waals surface area contributed by atoms with Gasteiger partial charge in [-0.1, -0.05) is 0 Å². The van der Waals surface area contributed by atoms with E-state index in [4.69, 9.17) is 14.4 Å². The van der Waals surface area contributed by atoms with Crippen molar-refractivity contribution in [1.82, 2.24) is 0 Å². The Labute approximate surface area is 75.1 Å². The Hall–Kier alpha value is -0.0666. The Morgan fingerprint density at radius 3 is 2.50 bits per heavy atom. The molecule has 10 heavy (non-hydrogen) atoms. The predicted molar refractivity (Wildman–Crippen MR) is 37.7 cm³/mol. The third kappa shape index (κ3) is 3.87. The van der Waals surface area contributed by atoms with Crippen LogP contribution in [0, 0.1) is 6.07 Å². The molecular formula is C7H7ClOZn. The molecule has 0 aliphatic heterocycles. The van der Waals surface area contributed by atoms with E-state index in [9.17, 15) is 0 Å². The molecule has 0 aliphatic carbocycles. The van der Waals surface area contributed by atoms with Gasteiger partial charge in [0, 0.05) is 5.75 Å². The predicted octanol–water partition coefficient (Wildman–Crippen LogP) is 2.18. The van der Waals surface area contributed by atoms with Crippen LogP contribution in [-0.4, -0.2) is 7.11 Å². The molecule has 0 saturated carbocycles. The van der Waals surface area contributed by atoms with Crippen molar-refractivity contribution in [2.45, 2.75) is 0 Å². The van der Waals surface area contributed by atoms with Gasteiger partial charge in [0.05, 0.1) is 7.11 Å². The summed E-state index contributed by atoms with van der Waals surface area (Å²) in [6, 6.07) is 10.4. The molecule has 50 valence electrons. The SMILES string of the molecule is COc1[c-]cccc1.[Cl][Zn+]. The Bertz CT molecular complexity index is 155. The van der Waals surface area contributed by atoms with E-state index in [2.05, 4.69) is 6.07 Å². The number of hydrogen-bond donors (Lipinski definition) is 0. The van der Waals surface area contributed by atoms with E-state index in [1.807, 2.05) is 24.3 Å². The van der Waals surface area contributed by atoms with Gasteiger partial charge in [0.25, 0.3) is 0 Å². The van der Waals surface area contributed by atoms with Crippen LogP contribution >= 0.6 is 9.69 Å². The summed E-state index contributed by atoms with van der Waals surface area (Å²) in [4.78, 5) is 0. The molecule has 0 aromatic heterocycles. The number of halogens is 1. The van der Waals surface area contributed by atoms with Crippen molar-refractivity contribution in [1.29, 1.82) is 0 Å². The first-order valence-electron chi connectivity index (χ1n) is 2.71. The zero-order chi connectivity index (χ0) is 7.82. The molecule has 0 radical (unpaired) electrons. The van der Waals surface area contributed by atoms with Gasteiger partial charge in [-0.3, -0.25) is 0 Å². The van der Waals surface area contributed by atoms with E-state index in [1.54, 1.807) is 7.11 Å². The van der Waals surface area contributed by atoms with Gasteiger partial charge in [-0.2, -0.15) is 18.2 Å². The second-order valence-corrected chi connectivity index (χ2v) is 1.43. The third-order valence-corrected chi connectivity index (χ3v) is 0.900. The first-order valence-corrected chi connectivity index (χ1v) is 6.61. The van der Waals surface area contributed by atoms with Crippen LogP contribution in [0.5, 0.6) is 5.75 Å². The monoisotopic (exact) mass is 206 g/mol. The molecule has 0 spiro atoms. The van der Waals surface area contributed by atoms with Gasteiger partial charge in [0.2, 0.25) is 0 Å². The van der Waals surface area contributed by atoms with Crippen LogP contribution in [0.2, 0.25) is 0 Å². The normalized spacial score (nSPS) is 7.60. The van der Waals surface area contributed by atoms with E-state index in [-0.39, 0.29) is 0 Å². The molecule has 0 N–H and O–H groups in total. The molecular weight excluding hydrogens is 201 g/mol. The molecule has 0 saturated heterocycles. The van der Waals surface area contributed by atoms with Crippen molar-refractivity contribution in [3.8, 4) is 5.75 Å². The maximum atomic E-state index is 4.86. The van der Waals surface area contributed by atoms with Crippen LogP contribution in [0.3, 0.4) is 0 Å². The maximum absolute atomic E-state index is 4.86. The molecule has 0 aliphatic rings. The van der Waals surface area contributed by atoms with Crippen LogP contribution in [0.1, 0.15) is 0 Å². The van der Waals surface area contributed by atoms with Crippen LogP contribution in [0.25, 0.3) is 0 Å². The first kappa shape index (κ1) is 9.93. The summed E-state index contributed by atoms with van der Waals surface area (Å²) >= 11 is 0.847. The minimum atomic E-state index is 0.785. The van der Waals surface area contributed by atoms with Gasteiger partial charge >= 0.3 is 27.0 Å². The third-order valence-electron chi connectivity index (χ3n) is 0.900. The number of methoxy groups -OCH3 is 1. The molecule has 0 fully saturated rings. The van der Waals surface area contributed by atoms with Crippen molar-refractivity contribution < 1.29 is 22.0 Å². The van der Waals surface area contributed by atoms with Gasteiger partial charge in [-0.25, -0.2) is 0 Å². The summed E-state index contributed by atoms with van der Waals surface area (Å²) in [7, 11) is 6.39. The quantitative estimate of drug-likeness (QED) is 0.507. The Kier molecular flexibility index (Phi) is 7.00. The number of benzene rings is 1. The fourth-order valence-electron chi connectivity index (χ4n) is 0.504. The fourth-order valence-corrected chi connectivity index (χ4v) is 0.504. The van der Waals surface area contributed by atoms with Gasteiger partial charge in [0.1, 0.15) is 0 Å². The van der Waals surface area contributed by atoms with Crippen LogP contribution in [0.15, 0.2) is 24.3 Å². The average Bonchev–Trinajstić information content (AvgIpc) is 2.10. The van der Waals surface area contributed by atoms with E-state index < -0.39 is 0 Å². The summed E-state index contributed by atoms with van der Waals surface area (Å²) in [5.41, 5.74) is 0. The molecule has 1 aromatic carbocycles. The van der Waals surface area contributed by atoms with E-state index >= 15 is 0 Å². The number of rotatable bonds is 1. The van der Waals surface area contributed by atoms with Gasteiger partial charge in [-0.05, 0) is 0 Å². The van der Waals surface area contributed by atoms with Gasteiger partial charge < -0.3 is 4.74 Å². The molecule has 0 atom stereocenters. The molecule has 1 rings (SSSR count). The van der Waals surface area contributed by atoms with E-state index in [1.165, 1.54) is 0 Å². The van der Waals surface area contributed by atoms with Gasteiger partial charge in [-0.15, -0.1) is 12.1 Å². The number of ether oxygens (including phenoxy) is 1. The first-order chi connectivity index (χ1) is 4.93. The summed E-state index contributed by atoms with van der Waals surface area (Å²) in [5.74, 6) is 0.785. The minimum absolute atomic E-state index is 0.785. The Morgan fingerprint density at radius 2 is 2.20 bits per heavy atom. The Balaban J connectivity index is 0.000000371. The molecule has 1 nitrogen and oxygen atoms in total.